The Morgan fingerprint density at radius 1 is 0.830 bits per heavy atom. The molecule has 7 rings (SSSR count). The molecule has 3 heterocycles. The molecule has 9 nitrogen and oxygen atoms in total. The molecule has 3 aliphatic heterocycles. The monoisotopic (exact) mass is 1010 g/mol. The fourth-order valence-electron chi connectivity index (χ4n) is 4.72. The quantitative estimate of drug-likeness (QED) is 0.109. The Morgan fingerprint density at radius 3 is 1.89 bits per heavy atom. The average molecular weight is 1020 g/mol. The van der Waals surface area contributed by atoms with Crippen LogP contribution < -0.4 is 132 Å². The number of alkyl halides is 3. The van der Waals surface area contributed by atoms with Crippen molar-refractivity contribution in [2.75, 3.05) is 46.5 Å². The largest absolute Gasteiger partial charge is 1.00 e. The zero-order valence-corrected chi connectivity index (χ0v) is 40.2. The van der Waals surface area contributed by atoms with Gasteiger partial charge in [-0.3, -0.25) is 4.79 Å². The van der Waals surface area contributed by atoms with E-state index < -0.39 is 0 Å². The number of halogens is 5. The molecule has 47 heavy (non-hydrogen) atoms. The summed E-state index contributed by atoms with van der Waals surface area (Å²) in [6, 6.07) is 23.4. The number of para-hydroxylation sites is 4. The molecule has 0 saturated carbocycles. The van der Waals surface area contributed by atoms with Crippen molar-refractivity contribution in [2.24, 2.45) is 0 Å². The number of fused-ring (bicyclic) bond motifs is 4. The Bertz CT molecular complexity index is 1600. The number of carbonyl (C=O) groups is 1. The van der Waals surface area contributed by atoms with Crippen molar-refractivity contribution < 1.29 is 138 Å². The number of carbonyl (C=O) groups excluding carboxylic acids is 1. The van der Waals surface area contributed by atoms with Crippen LogP contribution in [0.1, 0.15) is 1.43 Å². The number of nitrogens with zero attached hydrogens (tertiary/aromatic N) is 2. The third-order valence-electron chi connectivity index (χ3n) is 6.24. The molecule has 0 radical (unpaired) electrons. The van der Waals surface area contributed by atoms with E-state index in [9.17, 15) is 5.11 Å². The number of hydrogen-bond acceptors (Lipinski definition) is 9. The second kappa shape index (κ2) is 24.1. The molecule has 0 bridgehead atoms. The van der Waals surface area contributed by atoms with E-state index in [1.807, 2.05) is 72.3 Å². The first-order chi connectivity index (χ1) is 21.9. The standard InChI is InChI=1S/C14H11Br2NO2.C14H10BrNO2.2CH3Br.CH2O3.2K.H/c15-5-6-17-10-3-1-2-4-12(10)19-13-8-9(16)7-11(18)14(13)17;15-9-7-12-14-13(8-9)18-11-4-2-1-3-10(11)16(14)5-6-17-12;2*1-2;2-1-4-3;;;/h1-4,7-8,18H,5-6H2;1-4,7-8H,5-6H2;2*1H3;1,3H;;;/q;;;;;2*+1;-1/p-1. The van der Waals surface area contributed by atoms with Crippen molar-refractivity contribution in [1.82, 2.24) is 0 Å². The van der Waals surface area contributed by atoms with Gasteiger partial charge in [-0.05, 0) is 60.2 Å². The minimum Gasteiger partial charge on any atom is -1.00 e. The number of benzene rings is 4. The SMILES string of the molecule is Brc1cc2c3c(c1)Oc1ccccc1N3CCO2.CBr.CBr.O=CO[O-].Oc1cc(Br)cc2c1N(CCBr)c1ccccc1O2.[H-].[K+].[K+]. The van der Waals surface area contributed by atoms with E-state index in [4.69, 9.17) is 24.3 Å². The fraction of sp³-hybridized carbons (Fsp3) is 0.194. The summed E-state index contributed by atoms with van der Waals surface area (Å²) in [7, 11) is 0. The molecule has 0 saturated heterocycles. The topological polar surface area (TPSA) is 104 Å². The molecular weight excluding hydrogens is 990 g/mol. The van der Waals surface area contributed by atoms with Gasteiger partial charge in [-0.2, -0.15) is 0 Å². The molecule has 0 unspecified atom stereocenters. The summed E-state index contributed by atoms with van der Waals surface area (Å²) in [5.41, 5.74) is 3.81. The van der Waals surface area contributed by atoms with Gasteiger partial charge in [0.05, 0.1) is 17.9 Å². The van der Waals surface area contributed by atoms with E-state index in [0.717, 1.165) is 67.4 Å². The second-order valence-corrected chi connectivity index (χ2v) is 11.3. The molecule has 0 atom stereocenters. The van der Waals surface area contributed by atoms with E-state index in [-0.39, 0.29) is 116 Å². The van der Waals surface area contributed by atoms with Gasteiger partial charge in [-0.15, -0.1) is 0 Å². The summed E-state index contributed by atoms with van der Waals surface area (Å²) in [6.45, 7) is 2.11. The Labute approximate surface area is 402 Å². The molecule has 16 heteroatoms. The summed E-state index contributed by atoms with van der Waals surface area (Å²) in [4.78, 5) is 15.6. The molecule has 0 aliphatic carbocycles. The third-order valence-corrected chi connectivity index (χ3v) is 7.51. The minimum absolute atomic E-state index is 0. The number of rotatable bonds is 3. The Hall–Kier alpha value is 0.783. The normalized spacial score (nSPS) is 11.7. The van der Waals surface area contributed by atoms with Crippen LogP contribution >= 0.6 is 79.6 Å². The summed E-state index contributed by atoms with van der Waals surface area (Å²) < 4.78 is 19.3. The van der Waals surface area contributed by atoms with Gasteiger partial charge in [-0.25, -0.2) is 0 Å². The summed E-state index contributed by atoms with van der Waals surface area (Å²) in [5.74, 6) is 7.91. The van der Waals surface area contributed by atoms with Crippen LogP contribution in [-0.2, 0) is 9.68 Å². The molecule has 4 aromatic carbocycles. The van der Waals surface area contributed by atoms with Crippen LogP contribution in [-0.4, -0.2) is 48.3 Å². The van der Waals surface area contributed by atoms with Gasteiger partial charge in [0.15, 0.2) is 23.0 Å². The Kier molecular flexibility index (Phi) is 23.5. The van der Waals surface area contributed by atoms with Crippen molar-refractivity contribution in [1.29, 1.82) is 0 Å². The molecule has 4 aromatic rings. The van der Waals surface area contributed by atoms with Gasteiger partial charge in [0.1, 0.15) is 29.5 Å². The minimum atomic E-state index is -0.181. The zero-order chi connectivity index (χ0) is 32.9. The van der Waals surface area contributed by atoms with Crippen LogP contribution in [0.2, 0.25) is 0 Å². The number of phenolic OH excluding ortho intramolecular Hbond substituents is 1. The molecule has 0 fully saturated rings. The van der Waals surface area contributed by atoms with Crippen LogP contribution in [0.25, 0.3) is 0 Å². The summed E-state index contributed by atoms with van der Waals surface area (Å²) in [6.07, 6.45) is 0. The summed E-state index contributed by atoms with van der Waals surface area (Å²) >= 11 is 16.2. The van der Waals surface area contributed by atoms with E-state index in [1.54, 1.807) is 6.07 Å². The third kappa shape index (κ3) is 11.9. The van der Waals surface area contributed by atoms with Gasteiger partial charge in [0, 0.05) is 20.8 Å². The van der Waals surface area contributed by atoms with Crippen molar-refractivity contribution in [2.45, 2.75) is 0 Å². The molecular formula is C31H29Br5K2N2O7. The van der Waals surface area contributed by atoms with E-state index in [2.05, 4.69) is 100 Å². The van der Waals surface area contributed by atoms with E-state index >= 15 is 0 Å². The molecule has 0 amide bonds. The van der Waals surface area contributed by atoms with Gasteiger partial charge in [0.25, 0.3) is 6.47 Å². The zero-order valence-electron chi connectivity index (χ0n) is 27.0. The molecule has 3 aliphatic rings. The van der Waals surface area contributed by atoms with Crippen LogP contribution in [0.4, 0.5) is 22.7 Å². The second-order valence-electron chi connectivity index (χ2n) is 8.70. The maximum absolute atomic E-state index is 10.2. The molecule has 0 spiro atoms. The van der Waals surface area contributed by atoms with Crippen molar-refractivity contribution in [3.63, 3.8) is 0 Å². The maximum atomic E-state index is 10.2. The molecule has 242 valence electrons. The van der Waals surface area contributed by atoms with Gasteiger partial charge in [-0.1, -0.05) is 104 Å². The Balaban J connectivity index is 0.000000722. The first-order valence-electron chi connectivity index (χ1n) is 13.1. The van der Waals surface area contributed by atoms with E-state index in [1.165, 1.54) is 0 Å². The number of ether oxygens (including phenoxy) is 3. The smallest absolute Gasteiger partial charge is 1.00 e. The van der Waals surface area contributed by atoms with Crippen LogP contribution in [0.15, 0.2) is 81.7 Å². The number of aromatic hydroxyl groups is 1. The predicted octanol–water partition coefficient (Wildman–Crippen LogP) is 3.46. The van der Waals surface area contributed by atoms with Crippen LogP contribution in [0, 0.1) is 0 Å². The molecule has 1 N–H and O–H groups in total. The van der Waals surface area contributed by atoms with Crippen LogP contribution in [0.3, 0.4) is 0 Å². The Morgan fingerprint density at radius 2 is 1.32 bits per heavy atom. The fourth-order valence-corrected chi connectivity index (χ4v) is 5.92. The van der Waals surface area contributed by atoms with Gasteiger partial charge < -0.3 is 40.7 Å². The van der Waals surface area contributed by atoms with Crippen molar-refractivity contribution >= 4 is 109 Å². The number of hydrogen-bond donors (Lipinski definition) is 1. The maximum Gasteiger partial charge on any atom is 1.00 e. The van der Waals surface area contributed by atoms with E-state index in [0.29, 0.717) is 18.0 Å². The summed E-state index contributed by atoms with van der Waals surface area (Å²) in [5, 5.41) is 19.4. The predicted molar refractivity (Wildman–Crippen MR) is 194 cm³/mol. The van der Waals surface area contributed by atoms with Crippen molar-refractivity contribution in [3.05, 3.63) is 81.7 Å². The number of anilines is 4. The average Bonchev–Trinajstić information content (AvgIpc) is 3.06. The number of phenols is 1. The van der Waals surface area contributed by atoms with Gasteiger partial charge in [0.2, 0.25) is 0 Å². The van der Waals surface area contributed by atoms with Gasteiger partial charge >= 0.3 is 103 Å². The molecule has 0 aromatic heterocycles. The van der Waals surface area contributed by atoms with Crippen LogP contribution in [0.5, 0.6) is 34.5 Å². The van der Waals surface area contributed by atoms with Crippen molar-refractivity contribution in [3.8, 4) is 34.5 Å². The first kappa shape index (κ1) is 45.8. The first-order valence-corrected chi connectivity index (χ1v) is 18.9.